The van der Waals surface area contributed by atoms with Crippen LogP contribution in [0.5, 0.6) is 0 Å². The summed E-state index contributed by atoms with van der Waals surface area (Å²) in [4.78, 5) is 0. The van der Waals surface area contributed by atoms with Gasteiger partial charge in [0.25, 0.3) is 0 Å². The molecule has 1 aromatic carbocycles. The van der Waals surface area contributed by atoms with Crippen molar-refractivity contribution < 1.29 is 8.78 Å². The van der Waals surface area contributed by atoms with Gasteiger partial charge in [0.1, 0.15) is 11.6 Å². The van der Waals surface area contributed by atoms with Gasteiger partial charge >= 0.3 is 0 Å². The van der Waals surface area contributed by atoms with Crippen molar-refractivity contribution in [1.29, 1.82) is 0 Å². The van der Waals surface area contributed by atoms with E-state index in [1.54, 1.807) is 13.8 Å². The molecule has 0 aromatic heterocycles. The molecule has 16 heavy (non-hydrogen) atoms. The zero-order chi connectivity index (χ0) is 11.9. The molecule has 0 radical (unpaired) electrons. The predicted octanol–water partition coefficient (Wildman–Crippen LogP) is 2.96. The number of benzene rings is 1. The van der Waals surface area contributed by atoms with Gasteiger partial charge in [-0.05, 0) is 43.9 Å². The Kier molecular flexibility index (Phi) is 2.74. The van der Waals surface area contributed by atoms with E-state index in [1.807, 2.05) is 0 Å². The molecule has 0 aliphatic heterocycles. The highest BCUT2D eigenvalue weighted by Gasteiger charge is 2.41. The van der Waals surface area contributed by atoms with Crippen molar-refractivity contribution in [3.63, 3.8) is 0 Å². The Labute approximate surface area is 94.7 Å². The van der Waals surface area contributed by atoms with Crippen LogP contribution in [0.3, 0.4) is 0 Å². The first-order valence-corrected chi connectivity index (χ1v) is 5.67. The maximum atomic E-state index is 14.1. The van der Waals surface area contributed by atoms with E-state index < -0.39 is 0 Å². The molecule has 1 aliphatic rings. The summed E-state index contributed by atoms with van der Waals surface area (Å²) in [6.07, 6.45) is 2.78. The average Bonchev–Trinajstić information content (AvgIpc) is 2.19. The van der Waals surface area contributed by atoms with E-state index in [9.17, 15) is 8.78 Å². The Bertz CT molecular complexity index is 391. The second-order valence-electron chi connectivity index (χ2n) is 4.83. The van der Waals surface area contributed by atoms with Gasteiger partial charge in [0.05, 0.1) is 0 Å². The Morgan fingerprint density at radius 1 is 1.31 bits per heavy atom. The zero-order valence-electron chi connectivity index (χ0n) is 9.74. The molecular formula is C13H17F2N. The third kappa shape index (κ3) is 1.46. The van der Waals surface area contributed by atoms with Crippen LogP contribution in [0.15, 0.2) is 6.07 Å². The summed E-state index contributed by atoms with van der Waals surface area (Å²) >= 11 is 0. The molecular weight excluding hydrogens is 208 g/mol. The van der Waals surface area contributed by atoms with Gasteiger partial charge in [-0.15, -0.1) is 0 Å². The highest BCUT2D eigenvalue weighted by molar-refractivity contribution is 5.41. The summed E-state index contributed by atoms with van der Waals surface area (Å²) in [5, 5.41) is 0. The van der Waals surface area contributed by atoms with Crippen molar-refractivity contribution >= 4 is 0 Å². The number of halogens is 2. The average molecular weight is 225 g/mol. The van der Waals surface area contributed by atoms with Crippen molar-refractivity contribution in [1.82, 2.24) is 0 Å². The molecule has 1 saturated carbocycles. The van der Waals surface area contributed by atoms with Crippen LogP contribution in [0, 0.1) is 25.5 Å². The Balaban J connectivity index is 2.63. The summed E-state index contributed by atoms with van der Waals surface area (Å²) in [6.45, 7) is 3.64. The quantitative estimate of drug-likeness (QED) is 0.822. The van der Waals surface area contributed by atoms with Crippen LogP contribution in [-0.2, 0) is 5.41 Å². The van der Waals surface area contributed by atoms with Crippen molar-refractivity contribution in [2.24, 2.45) is 5.73 Å². The number of hydrogen-bond acceptors (Lipinski definition) is 1. The fourth-order valence-electron chi connectivity index (χ4n) is 2.63. The van der Waals surface area contributed by atoms with Crippen molar-refractivity contribution in [2.45, 2.75) is 38.5 Å². The molecule has 2 rings (SSSR count). The number of hydrogen-bond donors (Lipinski definition) is 1. The molecule has 0 bridgehead atoms. The summed E-state index contributed by atoms with van der Waals surface area (Å²) in [5.41, 5.74) is 6.74. The largest absolute Gasteiger partial charge is 0.330 e. The lowest BCUT2D eigenvalue weighted by Crippen LogP contribution is -2.43. The molecule has 0 saturated heterocycles. The number of rotatable bonds is 2. The molecule has 88 valence electrons. The van der Waals surface area contributed by atoms with Gasteiger partial charge in [-0.3, -0.25) is 0 Å². The van der Waals surface area contributed by atoms with Crippen LogP contribution < -0.4 is 5.73 Å². The molecule has 3 heteroatoms. The van der Waals surface area contributed by atoms with Gasteiger partial charge in [-0.2, -0.15) is 0 Å². The molecule has 1 fully saturated rings. The van der Waals surface area contributed by atoms with Crippen LogP contribution in [0.2, 0.25) is 0 Å². The standard InChI is InChI=1S/C13H17F2N/c1-8-6-10(14)9(2)11(12(8)15)13(7-16)4-3-5-13/h6H,3-5,7,16H2,1-2H3. The molecule has 1 nitrogen and oxygen atoms in total. The van der Waals surface area contributed by atoms with Crippen molar-refractivity contribution in [2.75, 3.05) is 6.54 Å². The Morgan fingerprint density at radius 2 is 1.94 bits per heavy atom. The first-order valence-electron chi connectivity index (χ1n) is 5.67. The van der Waals surface area contributed by atoms with Crippen LogP contribution in [0.4, 0.5) is 8.78 Å². The summed E-state index contributed by atoms with van der Waals surface area (Å²) in [7, 11) is 0. The number of nitrogens with two attached hydrogens (primary N) is 1. The second kappa shape index (κ2) is 3.81. The molecule has 0 unspecified atom stereocenters. The number of aryl methyl sites for hydroxylation is 1. The third-order valence-electron chi connectivity index (χ3n) is 3.87. The third-order valence-corrected chi connectivity index (χ3v) is 3.87. The lowest BCUT2D eigenvalue weighted by atomic mass is 9.63. The minimum absolute atomic E-state index is 0.274. The first-order chi connectivity index (χ1) is 7.52. The van der Waals surface area contributed by atoms with Gasteiger partial charge in [0.15, 0.2) is 0 Å². The highest BCUT2D eigenvalue weighted by Crippen LogP contribution is 2.46. The van der Waals surface area contributed by atoms with E-state index in [0.29, 0.717) is 23.2 Å². The van der Waals surface area contributed by atoms with E-state index in [0.717, 1.165) is 19.3 Å². The van der Waals surface area contributed by atoms with E-state index >= 15 is 0 Å². The highest BCUT2D eigenvalue weighted by atomic mass is 19.1. The van der Waals surface area contributed by atoms with E-state index in [1.165, 1.54) is 6.07 Å². The zero-order valence-corrected chi connectivity index (χ0v) is 9.74. The maximum absolute atomic E-state index is 14.1. The Morgan fingerprint density at radius 3 is 2.38 bits per heavy atom. The molecule has 0 spiro atoms. The fraction of sp³-hybridized carbons (Fsp3) is 0.538. The summed E-state index contributed by atoms with van der Waals surface area (Å²) in [5.74, 6) is -0.599. The van der Waals surface area contributed by atoms with E-state index in [-0.39, 0.29) is 17.0 Å². The summed E-state index contributed by atoms with van der Waals surface area (Å²) < 4.78 is 27.8. The van der Waals surface area contributed by atoms with E-state index in [2.05, 4.69) is 0 Å². The predicted molar refractivity (Wildman–Crippen MR) is 60.4 cm³/mol. The van der Waals surface area contributed by atoms with Gasteiger partial charge in [0, 0.05) is 17.5 Å². The lowest BCUT2D eigenvalue weighted by molar-refractivity contribution is 0.242. The lowest BCUT2D eigenvalue weighted by Gasteiger charge is -2.42. The van der Waals surface area contributed by atoms with Crippen molar-refractivity contribution in [3.05, 3.63) is 34.4 Å². The van der Waals surface area contributed by atoms with E-state index in [4.69, 9.17) is 5.73 Å². The normalized spacial score (nSPS) is 18.3. The molecule has 2 N–H and O–H groups in total. The molecule has 0 heterocycles. The minimum Gasteiger partial charge on any atom is -0.330 e. The second-order valence-corrected chi connectivity index (χ2v) is 4.83. The fourth-order valence-corrected chi connectivity index (χ4v) is 2.63. The SMILES string of the molecule is Cc1cc(F)c(C)c(C2(CN)CCC2)c1F. The summed E-state index contributed by atoms with van der Waals surface area (Å²) in [6, 6.07) is 1.26. The molecule has 1 aromatic rings. The van der Waals surface area contributed by atoms with Crippen LogP contribution in [-0.4, -0.2) is 6.54 Å². The minimum atomic E-state index is -0.325. The van der Waals surface area contributed by atoms with Gasteiger partial charge in [-0.1, -0.05) is 6.42 Å². The van der Waals surface area contributed by atoms with Gasteiger partial charge in [-0.25, -0.2) is 8.78 Å². The van der Waals surface area contributed by atoms with Gasteiger partial charge in [0.2, 0.25) is 0 Å². The van der Waals surface area contributed by atoms with Gasteiger partial charge < -0.3 is 5.73 Å². The van der Waals surface area contributed by atoms with Crippen LogP contribution >= 0.6 is 0 Å². The van der Waals surface area contributed by atoms with Crippen LogP contribution in [0.1, 0.15) is 36.0 Å². The Hall–Kier alpha value is -0.960. The van der Waals surface area contributed by atoms with Crippen LogP contribution in [0.25, 0.3) is 0 Å². The maximum Gasteiger partial charge on any atom is 0.130 e. The topological polar surface area (TPSA) is 26.0 Å². The monoisotopic (exact) mass is 225 g/mol. The first kappa shape index (κ1) is 11.5. The molecule has 1 aliphatic carbocycles. The molecule has 0 amide bonds. The molecule has 0 atom stereocenters. The van der Waals surface area contributed by atoms with Crippen molar-refractivity contribution in [3.8, 4) is 0 Å². The smallest absolute Gasteiger partial charge is 0.130 e.